The minimum atomic E-state index is -0.878. The SMILES string of the molecule is CCCC(=O)c1cc(-c2ccc(F)c(F)c2)ccc1CCC. The van der Waals surface area contributed by atoms with E-state index in [4.69, 9.17) is 0 Å². The van der Waals surface area contributed by atoms with E-state index in [-0.39, 0.29) is 5.78 Å². The van der Waals surface area contributed by atoms with Gasteiger partial charge >= 0.3 is 0 Å². The molecule has 3 heteroatoms. The van der Waals surface area contributed by atoms with E-state index in [9.17, 15) is 13.6 Å². The molecule has 116 valence electrons. The van der Waals surface area contributed by atoms with Crippen molar-refractivity contribution >= 4 is 5.78 Å². The third-order valence-corrected chi connectivity index (χ3v) is 3.66. The molecule has 0 atom stereocenters. The highest BCUT2D eigenvalue weighted by Gasteiger charge is 2.13. The van der Waals surface area contributed by atoms with Gasteiger partial charge in [-0.25, -0.2) is 8.78 Å². The molecule has 0 spiro atoms. The zero-order valence-electron chi connectivity index (χ0n) is 13.0. The Kier molecular flexibility index (Phi) is 5.42. The van der Waals surface area contributed by atoms with Crippen LogP contribution in [-0.2, 0) is 6.42 Å². The molecule has 2 aromatic rings. The van der Waals surface area contributed by atoms with Crippen molar-refractivity contribution < 1.29 is 13.6 Å². The maximum Gasteiger partial charge on any atom is 0.163 e. The van der Waals surface area contributed by atoms with Gasteiger partial charge in [0.1, 0.15) is 0 Å². The van der Waals surface area contributed by atoms with Crippen molar-refractivity contribution in [3.63, 3.8) is 0 Å². The van der Waals surface area contributed by atoms with E-state index in [1.165, 1.54) is 6.07 Å². The van der Waals surface area contributed by atoms with Gasteiger partial charge < -0.3 is 0 Å². The molecule has 1 nitrogen and oxygen atoms in total. The molecule has 0 amide bonds. The van der Waals surface area contributed by atoms with Crippen LogP contribution in [0, 0.1) is 11.6 Å². The summed E-state index contributed by atoms with van der Waals surface area (Å²) < 4.78 is 26.5. The lowest BCUT2D eigenvalue weighted by atomic mass is 9.93. The molecule has 0 aliphatic rings. The predicted molar refractivity (Wildman–Crippen MR) is 85.0 cm³/mol. The van der Waals surface area contributed by atoms with Gasteiger partial charge in [-0.05, 0) is 47.7 Å². The number of carbonyl (C=O) groups is 1. The number of halogens is 2. The van der Waals surface area contributed by atoms with Gasteiger partial charge in [0.2, 0.25) is 0 Å². The van der Waals surface area contributed by atoms with Crippen LogP contribution in [0.4, 0.5) is 8.78 Å². The number of ketones is 1. The molecule has 0 aliphatic heterocycles. The first kappa shape index (κ1) is 16.3. The first-order chi connectivity index (χ1) is 10.6. The van der Waals surface area contributed by atoms with Crippen molar-refractivity contribution in [1.82, 2.24) is 0 Å². The highest BCUT2D eigenvalue weighted by molar-refractivity contribution is 5.98. The molecule has 0 radical (unpaired) electrons. The molecule has 2 rings (SSSR count). The smallest absolute Gasteiger partial charge is 0.163 e. The molecule has 0 bridgehead atoms. The lowest BCUT2D eigenvalue weighted by Crippen LogP contribution is -2.04. The van der Waals surface area contributed by atoms with Gasteiger partial charge in [-0.2, -0.15) is 0 Å². The van der Waals surface area contributed by atoms with Crippen molar-refractivity contribution in [3.8, 4) is 11.1 Å². The molecular formula is C19H20F2O. The maximum atomic E-state index is 13.4. The number of benzene rings is 2. The molecule has 0 aliphatic carbocycles. The Balaban J connectivity index is 2.47. The van der Waals surface area contributed by atoms with E-state index >= 15 is 0 Å². The van der Waals surface area contributed by atoms with E-state index in [1.807, 2.05) is 19.1 Å². The van der Waals surface area contributed by atoms with E-state index < -0.39 is 11.6 Å². The van der Waals surface area contributed by atoms with E-state index in [2.05, 4.69) is 6.92 Å². The van der Waals surface area contributed by atoms with E-state index in [0.717, 1.165) is 42.5 Å². The number of hydrogen-bond acceptors (Lipinski definition) is 1. The second-order valence-electron chi connectivity index (χ2n) is 5.42. The molecule has 0 unspecified atom stereocenters. The lowest BCUT2D eigenvalue weighted by molar-refractivity contribution is 0.0981. The first-order valence-corrected chi connectivity index (χ1v) is 7.68. The third kappa shape index (κ3) is 3.59. The Morgan fingerprint density at radius 2 is 1.59 bits per heavy atom. The van der Waals surface area contributed by atoms with Gasteiger partial charge in [-0.1, -0.05) is 38.5 Å². The summed E-state index contributed by atoms with van der Waals surface area (Å²) in [4.78, 5) is 12.3. The summed E-state index contributed by atoms with van der Waals surface area (Å²) in [6.45, 7) is 4.04. The van der Waals surface area contributed by atoms with E-state index in [1.54, 1.807) is 6.07 Å². The number of rotatable bonds is 6. The summed E-state index contributed by atoms with van der Waals surface area (Å²) >= 11 is 0. The second kappa shape index (κ2) is 7.30. The average molecular weight is 302 g/mol. The maximum absolute atomic E-state index is 13.4. The minimum Gasteiger partial charge on any atom is -0.294 e. The van der Waals surface area contributed by atoms with Gasteiger partial charge in [0, 0.05) is 12.0 Å². The average Bonchev–Trinajstić information content (AvgIpc) is 2.51. The summed E-state index contributed by atoms with van der Waals surface area (Å²) in [5.74, 6) is -1.64. The predicted octanol–water partition coefficient (Wildman–Crippen LogP) is 5.57. The van der Waals surface area contributed by atoms with E-state index in [0.29, 0.717) is 17.5 Å². The second-order valence-corrected chi connectivity index (χ2v) is 5.42. The van der Waals surface area contributed by atoms with Crippen LogP contribution in [0.2, 0.25) is 0 Å². The van der Waals surface area contributed by atoms with Crippen LogP contribution in [0.5, 0.6) is 0 Å². The largest absolute Gasteiger partial charge is 0.294 e. The topological polar surface area (TPSA) is 17.1 Å². The number of hydrogen-bond donors (Lipinski definition) is 0. The molecule has 0 fully saturated rings. The fourth-order valence-electron chi connectivity index (χ4n) is 2.54. The number of Topliss-reactive ketones (excluding diaryl/α,β-unsaturated/α-hetero) is 1. The highest BCUT2D eigenvalue weighted by atomic mass is 19.2. The van der Waals surface area contributed by atoms with Gasteiger partial charge in [-0.3, -0.25) is 4.79 Å². The van der Waals surface area contributed by atoms with Crippen LogP contribution < -0.4 is 0 Å². The number of aryl methyl sites for hydroxylation is 1. The van der Waals surface area contributed by atoms with Gasteiger partial charge in [0.15, 0.2) is 17.4 Å². The Morgan fingerprint density at radius 3 is 2.23 bits per heavy atom. The summed E-state index contributed by atoms with van der Waals surface area (Å²) in [6, 6.07) is 9.39. The number of carbonyl (C=O) groups excluding carboxylic acids is 1. The van der Waals surface area contributed by atoms with Crippen LogP contribution in [0.15, 0.2) is 36.4 Å². The van der Waals surface area contributed by atoms with Gasteiger partial charge in [-0.15, -0.1) is 0 Å². The van der Waals surface area contributed by atoms with Crippen molar-refractivity contribution in [1.29, 1.82) is 0 Å². The highest BCUT2D eigenvalue weighted by Crippen LogP contribution is 2.26. The van der Waals surface area contributed by atoms with Crippen LogP contribution in [0.25, 0.3) is 11.1 Å². The molecular weight excluding hydrogens is 282 g/mol. The molecule has 0 saturated heterocycles. The van der Waals surface area contributed by atoms with Gasteiger partial charge in [0.05, 0.1) is 0 Å². The Labute approximate surface area is 130 Å². The lowest BCUT2D eigenvalue weighted by Gasteiger charge is -2.11. The van der Waals surface area contributed by atoms with Crippen LogP contribution in [-0.4, -0.2) is 5.78 Å². The minimum absolute atomic E-state index is 0.107. The van der Waals surface area contributed by atoms with Crippen LogP contribution in [0.1, 0.15) is 49.0 Å². The van der Waals surface area contributed by atoms with Crippen LogP contribution in [0.3, 0.4) is 0 Å². The monoisotopic (exact) mass is 302 g/mol. The zero-order chi connectivity index (χ0) is 16.1. The fourth-order valence-corrected chi connectivity index (χ4v) is 2.54. The standard InChI is InChI=1S/C19H20F2O/c1-3-5-13-7-8-14(11-16(13)19(22)6-4-2)15-9-10-17(20)18(21)12-15/h7-12H,3-6H2,1-2H3. The Hall–Kier alpha value is -2.03. The van der Waals surface area contributed by atoms with Crippen LogP contribution >= 0.6 is 0 Å². The zero-order valence-corrected chi connectivity index (χ0v) is 13.0. The molecule has 0 heterocycles. The Bertz CT molecular complexity index is 677. The molecule has 0 saturated carbocycles. The Morgan fingerprint density at radius 1 is 0.909 bits per heavy atom. The van der Waals surface area contributed by atoms with Crippen molar-refractivity contribution in [2.75, 3.05) is 0 Å². The molecule has 22 heavy (non-hydrogen) atoms. The normalized spacial score (nSPS) is 10.7. The summed E-state index contributed by atoms with van der Waals surface area (Å²) in [6.07, 6.45) is 3.08. The quantitative estimate of drug-likeness (QED) is 0.638. The third-order valence-electron chi connectivity index (χ3n) is 3.66. The van der Waals surface area contributed by atoms with Gasteiger partial charge in [0.25, 0.3) is 0 Å². The molecule has 0 aromatic heterocycles. The summed E-state index contributed by atoms with van der Waals surface area (Å²) in [5.41, 5.74) is 3.03. The first-order valence-electron chi connectivity index (χ1n) is 7.68. The van der Waals surface area contributed by atoms with Crippen molar-refractivity contribution in [3.05, 3.63) is 59.2 Å². The molecule has 0 N–H and O–H groups in total. The fraction of sp³-hybridized carbons (Fsp3) is 0.316. The summed E-state index contributed by atoms with van der Waals surface area (Å²) in [5, 5.41) is 0. The van der Waals surface area contributed by atoms with Crippen molar-refractivity contribution in [2.45, 2.75) is 39.5 Å². The van der Waals surface area contributed by atoms with Crippen molar-refractivity contribution in [2.24, 2.45) is 0 Å². The summed E-state index contributed by atoms with van der Waals surface area (Å²) in [7, 11) is 0. The molecule has 2 aromatic carbocycles.